The van der Waals surface area contributed by atoms with Crippen molar-refractivity contribution in [2.24, 2.45) is 0 Å². The number of hydrogen-bond donors (Lipinski definition) is 2. The van der Waals surface area contributed by atoms with E-state index in [0.29, 0.717) is 39.5 Å². The first kappa shape index (κ1) is 17.3. The molecule has 0 spiro atoms. The largest absolute Gasteiger partial charge is 0.659 e. The first-order valence-electron chi connectivity index (χ1n) is 4.42. The molecular weight excluding hydrogens is 263 g/mol. The van der Waals surface area contributed by atoms with Gasteiger partial charge in [0.25, 0.3) is 0 Å². The molecule has 0 bridgehead atoms. The normalized spacial score (nSPS) is 9.86. The van der Waals surface area contributed by atoms with Crippen LogP contribution in [0, 0.1) is 0 Å². The predicted molar refractivity (Wildman–Crippen MR) is 48.9 cm³/mol. The van der Waals surface area contributed by atoms with Gasteiger partial charge in [-0.25, -0.2) is 0 Å². The number of rotatable bonds is 10. The maximum Gasteiger partial charge on any atom is 0.0696 e. The fraction of sp³-hybridized carbons (Fsp3) is 1.00. The molecule has 0 unspecified atom stereocenters. The van der Waals surface area contributed by atoms with Crippen molar-refractivity contribution in [3.63, 3.8) is 0 Å². The Kier molecular flexibility index (Phi) is 20.2. The summed E-state index contributed by atoms with van der Waals surface area (Å²) in [6.45, 7) is 3.19. The molecule has 0 aromatic rings. The summed E-state index contributed by atoms with van der Waals surface area (Å²) in [4.78, 5) is 0. The van der Waals surface area contributed by atoms with Crippen LogP contribution in [-0.2, 0) is 42.2 Å². The molecule has 0 saturated heterocycles. The molecule has 0 amide bonds. The minimum absolute atomic E-state index is 0. The van der Waals surface area contributed by atoms with Crippen molar-refractivity contribution in [1.82, 2.24) is 0 Å². The number of aliphatic hydroxyl groups is 2. The third kappa shape index (κ3) is 15.4. The summed E-state index contributed by atoms with van der Waals surface area (Å²) >= 11 is 0. The maximum absolute atomic E-state index is 8.37. The van der Waals surface area contributed by atoms with E-state index in [1.807, 2.05) is 0 Å². The molecule has 0 rings (SSSR count). The summed E-state index contributed by atoms with van der Waals surface area (Å²) in [6.07, 6.45) is 0. The molecule has 2 N–H and O–H groups in total. The Morgan fingerprint density at radius 2 is 1.21 bits per heavy atom. The molecule has 0 atom stereocenters. The first-order chi connectivity index (χ1) is 6.41. The van der Waals surface area contributed by atoms with Gasteiger partial charge in [-0.3, -0.25) is 0 Å². The van der Waals surface area contributed by atoms with Gasteiger partial charge >= 0.3 is 0 Å². The fourth-order valence-corrected chi connectivity index (χ4v) is 0.703. The first-order valence-corrected chi connectivity index (χ1v) is 4.42. The fourth-order valence-electron chi connectivity index (χ4n) is 0.703. The van der Waals surface area contributed by atoms with Crippen molar-refractivity contribution in [1.29, 1.82) is 0 Å². The number of aliphatic hydroxyl groups excluding tert-OH is 2. The van der Waals surface area contributed by atoms with E-state index in [9.17, 15) is 0 Å². The van der Waals surface area contributed by atoms with Crippen LogP contribution >= 0.6 is 0 Å². The number of hydrogen-bond acceptors (Lipinski definition) is 4. The van der Waals surface area contributed by atoms with Crippen molar-refractivity contribution in [2.75, 3.05) is 52.7 Å². The number of nitrogens with zero attached hydrogens (tertiary/aromatic N) is 1. The Balaban J connectivity index is 0. The zero-order valence-electron chi connectivity index (χ0n) is 8.39. The van der Waals surface area contributed by atoms with Crippen LogP contribution in [0.25, 0.3) is 5.32 Å². The van der Waals surface area contributed by atoms with Gasteiger partial charge in [0.15, 0.2) is 0 Å². The van der Waals surface area contributed by atoms with Crippen LogP contribution < -0.4 is 0 Å². The van der Waals surface area contributed by atoms with Gasteiger partial charge in [-0.05, 0) is 0 Å². The second-order valence-electron chi connectivity index (χ2n) is 2.34. The molecule has 5 nitrogen and oxygen atoms in total. The Bertz CT molecular complexity index is 87.4. The van der Waals surface area contributed by atoms with Gasteiger partial charge in [-0.2, -0.15) is 0 Å². The standard InChI is InChI=1S/C8H18NO4.Y/c10-3-7-12-5-1-9-2-6-13-8-4-11;/h10-11H,1-8H2;/q-1;. The molecule has 0 aliphatic rings. The van der Waals surface area contributed by atoms with Crippen molar-refractivity contribution >= 4 is 0 Å². The Hall–Kier alpha value is 0.904. The van der Waals surface area contributed by atoms with Gasteiger partial charge < -0.3 is 25.0 Å². The second kappa shape index (κ2) is 16.3. The van der Waals surface area contributed by atoms with Gasteiger partial charge in [0.2, 0.25) is 0 Å². The molecule has 1 radical (unpaired) electrons. The molecule has 0 aliphatic heterocycles. The molecular formula is C8H18NO4Y-. The van der Waals surface area contributed by atoms with Crippen LogP contribution in [-0.4, -0.2) is 62.9 Å². The summed E-state index contributed by atoms with van der Waals surface area (Å²) in [6, 6.07) is 0. The molecule has 14 heavy (non-hydrogen) atoms. The zero-order chi connectivity index (χ0) is 9.78. The van der Waals surface area contributed by atoms with E-state index < -0.39 is 0 Å². The minimum atomic E-state index is 0. The van der Waals surface area contributed by atoms with E-state index in [2.05, 4.69) is 5.32 Å². The van der Waals surface area contributed by atoms with Gasteiger partial charge in [0, 0.05) is 45.9 Å². The van der Waals surface area contributed by atoms with E-state index in [4.69, 9.17) is 19.7 Å². The SMILES string of the molecule is OCCOCC[N-]CCOCCO.[Y]. The molecule has 83 valence electrons. The van der Waals surface area contributed by atoms with Crippen LogP contribution in [0.1, 0.15) is 0 Å². The van der Waals surface area contributed by atoms with E-state index >= 15 is 0 Å². The van der Waals surface area contributed by atoms with Gasteiger partial charge in [0.1, 0.15) is 0 Å². The number of ether oxygens (including phenoxy) is 2. The van der Waals surface area contributed by atoms with Crippen molar-refractivity contribution in [3.8, 4) is 0 Å². The molecule has 0 heterocycles. The van der Waals surface area contributed by atoms with Gasteiger partial charge in [-0.1, -0.05) is 0 Å². The maximum atomic E-state index is 8.37. The summed E-state index contributed by atoms with van der Waals surface area (Å²) in [5.74, 6) is 0. The van der Waals surface area contributed by atoms with Crippen LogP contribution in [0.5, 0.6) is 0 Å². The van der Waals surface area contributed by atoms with Crippen LogP contribution in [0.2, 0.25) is 0 Å². The average molecular weight is 281 g/mol. The Morgan fingerprint density at radius 1 is 0.786 bits per heavy atom. The molecule has 0 fully saturated rings. The molecule has 0 saturated carbocycles. The molecule has 0 aromatic carbocycles. The Labute approximate surface area is 110 Å². The minimum Gasteiger partial charge on any atom is -0.659 e. The van der Waals surface area contributed by atoms with Crippen LogP contribution in [0.15, 0.2) is 0 Å². The van der Waals surface area contributed by atoms with Gasteiger partial charge in [0.05, 0.1) is 26.4 Å². The summed E-state index contributed by atoms with van der Waals surface area (Å²) in [5, 5.41) is 20.8. The third-order valence-corrected chi connectivity index (χ3v) is 1.26. The van der Waals surface area contributed by atoms with Crippen LogP contribution in [0.4, 0.5) is 0 Å². The van der Waals surface area contributed by atoms with Crippen LogP contribution in [0.3, 0.4) is 0 Å². The van der Waals surface area contributed by atoms with Crippen molar-refractivity contribution in [3.05, 3.63) is 5.32 Å². The van der Waals surface area contributed by atoms with Crippen molar-refractivity contribution < 1.29 is 52.4 Å². The summed E-state index contributed by atoms with van der Waals surface area (Å²) in [5.41, 5.74) is 0. The molecule has 0 aliphatic carbocycles. The summed E-state index contributed by atoms with van der Waals surface area (Å²) < 4.78 is 9.97. The predicted octanol–water partition coefficient (Wildman–Crippen LogP) is -0.625. The van der Waals surface area contributed by atoms with E-state index in [0.717, 1.165) is 0 Å². The topological polar surface area (TPSA) is 73.0 Å². The summed E-state index contributed by atoms with van der Waals surface area (Å²) in [7, 11) is 0. The molecule has 6 heteroatoms. The van der Waals surface area contributed by atoms with E-state index in [1.165, 1.54) is 0 Å². The van der Waals surface area contributed by atoms with Crippen molar-refractivity contribution in [2.45, 2.75) is 0 Å². The average Bonchev–Trinajstić information content (AvgIpc) is 2.16. The Morgan fingerprint density at radius 3 is 1.57 bits per heavy atom. The smallest absolute Gasteiger partial charge is 0.0696 e. The third-order valence-electron chi connectivity index (χ3n) is 1.26. The van der Waals surface area contributed by atoms with Gasteiger partial charge in [-0.15, -0.1) is 13.1 Å². The second-order valence-corrected chi connectivity index (χ2v) is 2.34. The monoisotopic (exact) mass is 281 g/mol. The van der Waals surface area contributed by atoms with E-state index in [1.54, 1.807) is 0 Å². The quantitative estimate of drug-likeness (QED) is 0.523. The van der Waals surface area contributed by atoms with E-state index in [-0.39, 0.29) is 45.9 Å². The molecule has 0 aromatic heterocycles. The zero-order valence-corrected chi connectivity index (χ0v) is 11.2.